The van der Waals surface area contributed by atoms with Gasteiger partial charge in [0.1, 0.15) is 6.61 Å². The van der Waals surface area contributed by atoms with Crippen LogP contribution in [0.5, 0.6) is 0 Å². The number of nitrogens with zero attached hydrogens (tertiary/aromatic N) is 1. The molecule has 18 heavy (non-hydrogen) atoms. The van der Waals surface area contributed by atoms with Crippen molar-refractivity contribution in [3.8, 4) is 0 Å². The molecule has 96 valence electrons. The van der Waals surface area contributed by atoms with Crippen LogP contribution < -0.4 is 0 Å². The maximum atomic E-state index is 11.9. The number of hydrogen-bond acceptors (Lipinski definition) is 3. The first-order valence-electron chi connectivity index (χ1n) is 5.98. The molecule has 0 bridgehead atoms. The van der Waals surface area contributed by atoms with Crippen molar-refractivity contribution in [3.05, 3.63) is 35.9 Å². The molecule has 1 saturated heterocycles. The van der Waals surface area contributed by atoms with E-state index in [0.717, 1.165) is 5.56 Å². The van der Waals surface area contributed by atoms with Crippen molar-refractivity contribution in [1.29, 1.82) is 0 Å². The molecule has 2 aliphatic rings. The molecule has 1 aromatic rings. The number of hydrogen-bond donors (Lipinski definition) is 1. The van der Waals surface area contributed by atoms with E-state index < -0.39 is 0 Å². The number of benzene rings is 1. The van der Waals surface area contributed by atoms with Crippen LogP contribution in [0, 0.1) is 5.92 Å². The van der Waals surface area contributed by atoms with Crippen LogP contribution in [-0.2, 0) is 11.3 Å². The number of amides is 1. The molecule has 1 aromatic carbocycles. The highest BCUT2D eigenvalue weighted by Crippen LogP contribution is 2.46. The van der Waals surface area contributed by atoms with E-state index in [-0.39, 0.29) is 28.1 Å². The number of carbonyl (C=O) groups is 1. The Bertz CT molecular complexity index is 447. The van der Waals surface area contributed by atoms with E-state index in [2.05, 4.69) is 22.6 Å². The summed E-state index contributed by atoms with van der Waals surface area (Å²) in [5, 5.41) is 9.63. The predicted molar refractivity (Wildman–Crippen MR) is 74.4 cm³/mol. The molecular formula is C13H14INO3. The molecule has 1 N–H and O–H groups in total. The third-order valence-electron chi connectivity index (χ3n) is 3.74. The molecule has 1 amide bonds. The number of ether oxygens (including phenoxy) is 1. The van der Waals surface area contributed by atoms with Crippen molar-refractivity contribution in [2.45, 2.75) is 22.7 Å². The van der Waals surface area contributed by atoms with Crippen LogP contribution in [0.1, 0.15) is 5.56 Å². The van der Waals surface area contributed by atoms with Crippen LogP contribution in [0.2, 0.25) is 0 Å². The van der Waals surface area contributed by atoms with Crippen molar-refractivity contribution in [1.82, 2.24) is 4.90 Å². The Hall–Kier alpha value is -0.820. The molecule has 1 aliphatic carbocycles. The van der Waals surface area contributed by atoms with E-state index in [1.807, 2.05) is 30.3 Å². The number of halogens is 1. The number of aliphatic hydroxyl groups excluding tert-OH is 1. The maximum Gasteiger partial charge on any atom is 0.410 e. The summed E-state index contributed by atoms with van der Waals surface area (Å²) in [5.41, 5.74) is 0.989. The molecule has 1 saturated carbocycles. The second-order valence-corrected chi connectivity index (χ2v) is 6.22. The van der Waals surface area contributed by atoms with Crippen LogP contribution in [0.15, 0.2) is 30.3 Å². The predicted octanol–water partition coefficient (Wildman–Crippen LogP) is 1.80. The lowest BCUT2D eigenvalue weighted by atomic mass is 9.69. The van der Waals surface area contributed by atoms with Crippen molar-refractivity contribution in [2.75, 3.05) is 6.54 Å². The Morgan fingerprint density at radius 1 is 1.44 bits per heavy atom. The van der Waals surface area contributed by atoms with Gasteiger partial charge < -0.3 is 14.7 Å². The Morgan fingerprint density at radius 3 is 2.83 bits per heavy atom. The van der Waals surface area contributed by atoms with Gasteiger partial charge in [0.2, 0.25) is 0 Å². The van der Waals surface area contributed by atoms with E-state index in [9.17, 15) is 9.90 Å². The molecule has 5 heteroatoms. The van der Waals surface area contributed by atoms with Gasteiger partial charge in [-0.25, -0.2) is 4.79 Å². The summed E-state index contributed by atoms with van der Waals surface area (Å²) in [4.78, 5) is 13.6. The molecule has 0 spiro atoms. The topological polar surface area (TPSA) is 49.8 Å². The second-order valence-electron chi connectivity index (χ2n) is 4.78. The molecule has 1 heterocycles. The van der Waals surface area contributed by atoms with Crippen LogP contribution in [0.4, 0.5) is 4.79 Å². The first-order chi connectivity index (χ1) is 8.68. The SMILES string of the molecule is O=C(OCc1ccccc1)N1CC2C(O)C(I)C21. The normalized spacial score (nSPS) is 33.1. The fraction of sp³-hybridized carbons (Fsp3) is 0.462. The summed E-state index contributed by atoms with van der Waals surface area (Å²) < 4.78 is 5.41. The zero-order valence-electron chi connectivity index (χ0n) is 9.70. The average Bonchev–Trinajstić information content (AvgIpc) is 2.36. The Labute approximate surface area is 119 Å². The molecule has 4 unspecified atom stereocenters. The number of fused-ring (bicyclic) bond motifs is 1. The third-order valence-corrected chi connectivity index (χ3v) is 5.21. The van der Waals surface area contributed by atoms with Crippen LogP contribution in [0.25, 0.3) is 0 Å². The fourth-order valence-electron chi connectivity index (χ4n) is 2.56. The average molecular weight is 359 g/mol. The second kappa shape index (κ2) is 4.70. The number of carbonyl (C=O) groups excluding carboxylic acids is 1. The summed E-state index contributed by atoms with van der Waals surface area (Å²) in [7, 11) is 0. The van der Waals surface area contributed by atoms with Gasteiger partial charge in [0.05, 0.1) is 16.1 Å². The fourth-order valence-corrected chi connectivity index (χ4v) is 4.01. The Kier molecular flexibility index (Phi) is 3.19. The van der Waals surface area contributed by atoms with Crippen LogP contribution in [0.3, 0.4) is 0 Å². The van der Waals surface area contributed by atoms with Crippen molar-refractivity contribution in [3.63, 3.8) is 0 Å². The molecular weight excluding hydrogens is 345 g/mol. The lowest BCUT2D eigenvalue weighted by Crippen LogP contribution is -2.76. The van der Waals surface area contributed by atoms with Crippen LogP contribution >= 0.6 is 22.6 Å². The third kappa shape index (κ3) is 1.89. The number of piperidine rings is 1. The Balaban J connectivity index is 1.52. The molecule has 4 atom stereocenters. The quantitative estimate of drug-likeness (QED) is 0.647. The minimum absolute atomic E-state index is 0.144. The molecule has 1 aliphatic heterocycles. The molecule has 3 rings (SSSR count). The van der Waals surface area contributed by atoms with Gasteiger partial charge in [-0.15, -0.1) is 0 Å². The summed E-state index contributed by atoms with van der Waals surface area (Å²) in [6.45, 7) is 0.932. The standard InChI is InChI=1S/C13H14INO3/c14-10-11-9(12(10)16)6-15(11)13(17)18-7-8-4-2-1-3-5-8/h1-5,9-12,16H,6-7H2. The first-order valence-corrected chi connectivity index (χ1v) is 7.22. The summed E-state index contributed by atoms with van der Waals surface area (Å²) in [5.74, 6) is 0.260. The van der Waals surface area contributed by atoms with Crippen molar-refractivity contribution in [2.24, 2.45) is 5.92 Å². The van der Waals surface area contributed by atoms with Gasteiger partial charge in [-0.1, -0.05) is 52.9 Å². The van der Waals surface area contributed by atoms with Gasteiger partial charge in [-0.3, -0.25) is 0 Å². The number of alkyl halides is 1. The minimum Gasteiger partial charge on any atom is -0.445 e. The van der Waals surface area contributed by atoms with E-state index in [1.165, 1.54) is 0 Å². The first kappa shape index (κ1) is 12.2. The van der Waals surface area contributed by atoms with Gasteiger partial charge >= 0.3 is 6.09 Å². The highest BCUT2D eigenvalue weighted by atomic mass is 127. The largest absolute Gasteiger partial charge is 0.445 e. The minimum atomic E-state index is -0.270. The highest BCUT2D eigenvalue weighted by Gasteiger charge is 2.60. The summed E-state index contributed by atoms with van der Waals surface area (Å²) >= 11 is 2.20. The lowest BCUT2D eigenvalue weighted by Gasteiger charge is -2.60. The molecule has 0 radical (unpaired) electrons. The van der Waals surface area contributed by atoms with Crippen molar-refractivity contribution < 1.29 is 14.6 Å². The smallest absolute Gasteiger partial charge is 0.410 e. The number of rotatable bonds is 2. The van der Waals surface area contributed by atoms with E-state index in [4.69, 9.17) is 4.74 Å². The monoisotopic (exact) mass is 359 g/mol. The van der Waals surface area contributed by atoms with Gasteiger partial charge in [0.25, 0.3) is 0 Å². The van der Waals surface area contributed by atoms with E-state index in [0.29, 0.717) is 13.2 Å². The van der Waals surface area contributed by atoms with Gasteiger partial charge in [0.15, 0.2) is 0 Å². The summed E-state index contributed by atoms with van der Waals surface area (Å²) in [6.07, 6.45) is -0.526. The molecule has 4 nitrogen and oxygen atoms in total. The summed E-state index contributed by atoms with van der Waals surface area (Å²) in [6, 6.07) is 9.81. The maximum absolute atomic E-state index is 11.9. The van der Waals surface area contributed by atoms with Gasteiger partial charge in [0, 0.05) is 12.5 Å². The van der Waals surface area contributed by atoms with E-state index >= 15 is 0 Å². The Morgan fingerprint density at radius 2 is 2.17 bits per heavy atom. The van der Waals surface area contributed by atoms with Crippen molar-refractivity contribution >= 4 is 28.7 Å². The lowest BCUT2D eigenvalue weighted by molar-refractivity contribution is -0.125. The molecule has 2 fully saturated rings. The highest BCUT2D eigenvalue weighted by molar-refractivity contribution is 14.1. The number of aliphatic hydroxyl groups is 1. The van der Waals surface area contributed by atoms with Gasteiger partial charge in [-0.05, 0) is 5.56 Å². The van der Waals surface area contributed by atoms with Crippen LogP contribution in [-0.4, -0.2) is 38.7 Å². The zero-order chi connectivity index (χ0) is 12.7. The zero-order valence-corrected chi connectivity index (χ0v) is 11.9. The van der Waals surface area contributed by atoms with Gasteiger partial charge in [-0.2, -0.15) is 0 Å². The van der Waals surface area contributed by atoms with E-state index in [1.54, 1.807) is 4.90 Å². The molecule has 0 aromatic heterocycles. The number of likely N-dealkylation sites (tertiary alicyclic amines) is 1.